The number of hydrogen-bond acceptors (Lipinski definition) is 3. The van der Waals surface area contributed by atoms with Gasteiger partial charge in [0.2, 0.25) is 0 Å². The van der Waals surface area contributed by atoms with Crippen LogP contribution in [0.5, 0.6) is 5.75 Å². The second-order valence-corrected chi connectivity index (χ2v) is 4.60. The van der Waals surface area contributed by atoms with Gasteiger partial charge in [-0.05, 0) is 43.7 Å². The zero-order valence-corrected chi connectivity index (χ0v) is 11.4. The van der Waals surface area contributed by atoms with E-state index in [1.165, 1.54) is 12.1 Å². The van der Waals surface area contributed by atoms with Crippen LogP contribution in [0, 0.1) is 12.7 Å². The molecule has 20 heavy (non-hydrogen) atoms. The number of aryl methyl sites for hydroxylation is 1. The molecule has 2 aromatic rings. The van der Waals surface area contributed by atoms with E-state index in [-0.39, 0.29) is 12.4 Å². The Morgan fingerprint density at radius 3 is 2.75 bits per heavy atom. The van der Waals surface area contributed by atoms with E-state index in [9.17, 15) is 4.39 Å². The molecular weight excluding hydrogens is 257 g/mol. The molecule has 0 heterocycles. The van der Waals surface area contributed by atoms with Crippen LogP contribution in [0.2, 0.25) is 0 Å². The normalized spacial score (nSPS) is 11.4. The van der Waals surface area contributed by atoms with Gasteiger partial charge in [0.15, 0.2) is 0 Å². The number of oxime groups is 1. The van der Waals surface area contributed by atoms with Crippen LogP contribution in [0.25, 0.3) is 0 Å². The molecule has 0 aliphatic carbocycles. The van der Waals surface area contributed by atoms with Crippen molar-refractivity contribution in [3.8, 4) is 5.75 Å². The average molecular weight is 273 g/mol. The van der Waals surface area contributed by atoms with Crippen molar-refractivity contribution in [2.75, 3.05) is 0 Å². The fourth-order valence-corrected chi connectivity index (χ4v) is 1.89. The Morgan fingerprint density at radius 1 is 1.25 bits per heavy atom. The molecule has 2 aromatic carbocycles. The molecule has 0 saturated heterocycles. The van der Waals surface area contributed by atoms with E-state index in [4.69, 9.17) is 9.94 Å². The summed E-state index contributed by atoms with van der Waals surface area (Å²) < 4.78 is 18.8. The molecule has 0 aliphatic heterocycles. The van der Waals surface area contributed by atoms with Gasteiger partial charge in [0.1, 0.15) is 18.2 Å². The number of rotatable bonds is 4. The quantitative estimate of drug-likeness (QED) is 0.521. The second kappa shape index (κ2) is 6.19. The Balaban J connectivity index is 2.21. The van der Waals surface area contributed by atoms with E-state index in [2.05, 4.69) is 5.16 Å². The van der Waals surface area contributed by atoms with Crippen LogP contribution in [0.3, 0.4) is 0 Å². The standard InChI is InChI=1S/C16H16FNO2/c1-11-6-7-16(15(8-11)12(2)18-19)20-10-13-4-3-5-14(17)9-13/h3-9,19H,10H2,1-2H3/b18-12+. The van der Waals surface area contributed by atoms with Gasteiger partial charge in [0.25, 0.3) is 0 Å². The van der Waals surface area contributed by atoms with Gasteiger partial charge in [-0.25, -0.2) is 4.39 Å². The van der Waals surface area contributed by atoms with Gasteiger partial charge in [-0.15, -0.1) is 0 Å². The van der Waals surface area contributed by atoms with Gasteiger partial charge in [-0.2, -0.15) is 0 Å². The predicted molar refractivity (Wildman–Crippen MR) is 75.9 cm³/mol. The molecule has 0 radical (unpaired) electrons. The van der Waals surface area contributed by atoms with Crippen LogP contribution in [0.4, 0.5) is 4.39 Å². The van der Waals surface area contributed by atoms with Crippen LogP contribution in [-0.4, -0.2) is 10.9 Å². The molecule has 0 aliphatic rings. The minimum Gasteiger partial charge on any atom is -0.488 e. The SMILES string of the molecule is C/C(=N\O)c1cc(C)ccc1OCc1cccc(F)c1. The van der Waals surface area contributed by atoms with Gasteiger partial charge in [0, 0.05) is 5.56 Å². The summed E-state index contributed by atoms with van der Waals surface area (Å²) >= 11 is 0. The van der Waals surface area contributed by atoms with Crippen molar-refractivity contribution in [3.05, 3.63) is 65.0 Å². The molecule has 4 heteroatoms. The molecule has 1 N–H and O–H groups in total. The Hall–Kier alpha value is -2.36. The Labute approximate surface area is 117 Å². The summed E-state index contributed by atoms with van der Waals surface area (Å²) in [5.41, 5.74) is 2.99. The van der Waals surface area contributed by atoms with E-state index in [1.54, 1.807) is 19.1 Å². The van der Waals surface area contributed by atoms with E-state index >= 15 is 0 Å². The van der Waals surface area contributed by atoms with Crippen molar-refractivity contribution in [2.24, 2.45) is 5.16 Å². The van der Waals surface area contributed by atoms with Crippen molar-refractivity contribution >= 4 is 5.71 Å². The lowest BCUT2D eigenvalue weighted by Crippen LogP contribution is -2.03. The number of hydrogen-bond donors (Lipinski definition) is 1. The number of nitrogens with zero attached hydrogens (tertiary/aromatic N) is 1. The van der Waals surface area contributed by atoms with Crippen LogP contribution >= 0.6 is 0 Å². The van der Waals surface area contributed by atoms with E-state index in [0.717, 1.165) is 16.7 Å². The first-order valence-electron chi connectivity index (χ1n) is 6.27. The lowest BCUT2D eigenvalue weighted by molar-refractivity contribution is 0.302. The molecule has 2 rings (SSSR count). The first-order chi connectivity index (χ1) is 9.60. The molecule has 0 fully saturated rings. The smallest absolute Gasteiger partial charge is 0.128 e. The lowest BCUT2D eigenvalue weighted by atomic mass is 10.1. The molecule has 0 saturated carbocycles. The summed E-state index contributed by atoms with van der Waals surface area (Å²) in [7, 11) is 0. The summed E-state index contributed by atoms with van der Waals surface area (Å²) in [6, 6.07) is 11.9. The molecule has 0 aromatic heterocycles. The number of benzene rings is 2. The van der Waals surface area contributed by atoms with Gasteiger partial charge >= 0.3 is 0 Å². The Morgan fingerprint density at radius 2 is 2.05 bits per heavy atom. The predicted octanol–water partition coefficient (Wildman–Crippen LogP) is 3.91. The maximum Gasteiger partial charge on any atom is 0.128 e. The first-order valence-corrected chi connectivity index (χ1v) is 6.27. The van der Waals surface area contributed by atoms with Crippen LogP contribution in [0.1, 0.15) is 23.6 Å². The molecule has 0 bridgehead atoms. The topological polar surface area (TPSA) is 41.8 Å². The van der Waals surface area contributed by atoms with Crippen molar-refractivity contribution in [1.29, 1.82) is 0 Å². The van der Waals surface area contributed by atoms with Crippen molar-refractivity contribution in [2.45, 2.75) is 20.5 Å². The van der Waals surface area contributed by atoms with E-state index < -0.39 is 0 Å². The fraction of sp³-hybridized carbons (Fsp3) is 0.188. The van der Waals surface area contributed by atoms with Crippen molar-refractivity contribution < 1.29 is 14.3 Å². The minimum atomic E-state index is -0.289. The van der Waals surface area contributed by atoms with E-state index in [0.29, 0.717) is 11.5 Å². The van der Waals surface area contributed by atoms with Crippen molar-refractivity contribution in [1.82, 2.24) is 0 Å². The molecule has 3 nitrogen and oxygen atoms in total. The third-order valence-electron chi connectivity index (χ3n) is 2.96. The molecule has 0 spiro atoms. The summed E-state index contributed by atoms with van der Waals surface area (Å²) in [5.74, 6) is 0.318. The second-order valence-electron chi connectivity index (χ2n) is 4.60. The molecule has 104 valence electrons. The van der Waals surface area contributed by atoms with Gasteiger partial charge in [0.05, 0.1) is 5.71 Å². The largest absolute Gasteiger partial charge is 0.488 e. The number of halogens is 1. The lowest BCUT2D eigenvalue weighted by Gasteiger charge is -2.12. The van der Waals surface area contributed by atoms with E-state index in [1.807, 2.05) is 25.1 Å². The highest BCUT2D eigenvalue weighted by Crippen LogP contribution is 2.22. The zero-order chi connectivity index (χ0) is 14.5. The summed E-state index contributed by atoms with van der Waals surface area (Å²) in [4.78, 5) is 0. The minimum absolute atomic E-state index is 0.256. The molecular formula is C16H16FNO2. The monoisotopic (exact) mass is 273 g/mol. The van der Waals surface area contributed by atoms with Gasteiger partial charge in [-0.3, -0.25) is 0 Å². The Kier molecular flexibility index (Phi) is 4.35. The Bertz CT molecular complexity index is 638. The first kappa shape index (κ1) is 14.1. The van der Waals surface area contributed by atoms with Crippen LogP contribution in [-0.2, 0) is 6.61 Å². The summed E-state index contributed by atoms with van der Waals surface area (Å²) in [6.45, 7) is 3.90. The zero-order valence-electron chi connectivity index (χ0n) is 11.4. The maximum absolute atomic E-state index is 13.1. The fourth-order valence-electron chi connectivity index (χ4n) is 1.89. The van der Waals surface area contributed by atoms with Gasteiger partial charge in [-0.1, -0.05) is 28.9 Å². The highest BCUT2D eigenvalue weighted by atomic mass is 19.1. The summed E-state index contributed by atoms with van der Waals surface area (Å²) in [5, 5.41) is 12.1. The highest BCUT2D eigenvalue weighted by molar-refractivity contribution is 6.00. The molecule has 0 atom stereocenters. The third kappa shape index (κ3) is 3.35. The van der Waals surface area contributed by atoms with Crippen LogP contribution < -0.4 is 4.74 Å². The summed E-state index contributed by atoms with van der Waals surface area (Å²) in [6.07, 6.45) is 0. The highest BCUT2D eigenvalue weighted by Gasteiger charge is 2.08. The van der Waals surface area contributed by atoms with Crippen LogP contribution in [0.15, 0.2) is 47.6 Å². The molecule has 0 unspecified atom stereocenters. The average Bonchev–Trinajstić information content (AvgIpc) is 2.45. The number of ether oxygens (including phenoxy) is 1. The molecule has 0 amide bonds. The third-order valence-corrected chi connectivity index (χ3v) is 2.96. The maximum atomic E-state index is 13.1. The van der Waals surface area contributed by atoms with Crippen molar-refractivity contribution in [3.63, 3.8) is 0 Å². The van der Waals surface area contributed by atoms with Gasteiger partial charge < -0.3 is 9.94 Å².